The topological polar surface area (TPSA) is 73.9 Å². The first kappa shape index (κ1) is 21.2. The molecule has 1 atom stereocenters. The third kappa shape index (κ3) is 5.70. The number of carbonyl (C=O) groups is 2. The van der Waals surface area contributed by atoms with Crippen LogP contribution in [-0.4, -0.2) is 32.2 Å². The highest BCUT2D eigenvalue weighted by Crippen LogP contribution is 2.28. The highest BCUT2D eigenvalue weighted by molar-refractivity contribution is 5.95. The maximum Gasteiger partial charge on any atom is 0.306 e. The molecule has 150 valence electrons. The van der Waals surface area contributed by atoms with Crippen LogP contribution < -0.4 is 14.8 Å². The van der Waals surface area contributed by atoms with Gasteiger partial charge in [-0.15, -0.1) is 0 Å². The summed E-state index contributed by atoms with van der Waals surface area (Å²) in [5.41, 5.74) is 1.66. The monoisotopic (exact) mass is 389 g/mol. The first-order chi connectivity index (χ1) is 13.3. The Kier molecular flexibility index (Phi) is 7.37. The van der Waals surface area contributed by atoms with E-state index in [-0.39, 0.29) is 6.42 Å². The molecule has 0 radical (unpaired) electrons. The summed E-state index contributed by atoms with van der Waals surface area (Å²) in [5.74, 6) is -0.272. The second-order valence-corrected chi connectivity index (χ2v) is 6.27. The van der Waals surface area contributed by atoms with Crippen LogP contribution in [0.5, 0.6) is 11.5 Å². The molecular weight excluding hydrogens is 365 g/mol. The summed E-state index contributed by atoms with van der Waals surface area (Å²) < 4.78 is 29.1. The number of benzene rings is 2. The molecule has 2 aromatic carbocycles. The normalized spacial score (nSPS) is 11.5. The van der Waals surface area contributed by atoms with E-state index < -0.39 is 23.8 Å². The molecule has 0 aliphatic heterocycles. The number of amides is 1. The number of methoxy groups -OCH3 is 2. The van der Waals surface area contributed by atoms with Crippen molar-refractivity contribution in [2.45, 2.75) is 32.8 Å². The molecule has 0 fully saturated rings. The van der Waals surface area contributed by atoms with E-state index in [1.165, 1.54) is 20.1 Å². The first-order valence-electron chi connectivity index (χ1n) is 8.81. The van der Waals surface area contributed by atoms with Crippen LogP contribution in [0.1, 0.15) is 24.5 Å². The van der Waals surface area contributed by atoms with Gasteiger partial charge in [0.15, 0.2) is 17.6 Å². The molecule has 2 rings (SSSR count). The van der Waals surface area contributed by atoms with E-state index in [1.807, 2.05) is 6.07 Å². The van der Waals surface area contributed by atoms with Crippen molar-refractivity contribution in [1.29, 1.82) is 0 Å². The summed E-state index contributed by atoms with van der Waals surface area (Å²) in [6, 6.07) is 9.74. The van der Waals surface area contributed by atoms with Crippen LogP contribution in [0.4, 0.5) is 10.1 Å². The smallest absolute Gasteiger partial charge is 0.306 e. The lowest BCUT2D eigenvalue weighted by molar-refractivity contribution is -0.153. The van der Waals surface area contributed by atoms with Crippen molar-refractivity contribution in [3.05, 3.63) is 53.3 Å². The number of esters is 1. The zero-order valence-corrected chi connectivity index (χ0v) is 16.4. The Morgan fingerprint density at radius 1 is 1.07 bits per heavy atom. The number of rotatable bonds is 8. The van der Waals surface area contributed by atoms with Crippen LogP contribution in [0.2, 0.25) is 0 Å². The number of aryl methyl sites for hydroxylation is 2. The van der Waals surface area contributed by atoms with Crippen molar-refractivity contribution < 1.29 is 28.2 Å². The lowest BCUT2D eigenvalue weighted by Crippen LogP contribution is -2.30. The predicted molar refractivity (Wildman–Crippen MR) is 103 cm³/mol. The summed E-state index contributed by atoms with van der Waals surface area (Å²) in [7, 11) is 3.09. The Hall–Kier alpha value is -3.09. The summed E-state index contributed by atoms with van der Waals surface area (Å²) >= 11 is 0. The molecule has 0 heterocycles. The Balaban J connectivity index is 1.86. The first-order valence-corrected chi connectivity index (χ1v) is 8.81. The molecule has 0 saturated carbocycles. The molecule has 0 aromatic heterocycles. The summed E-state index contributed by atoms with van der Waals surface area (Å²) in [6.45, 7) is 3.10. The SMILES string of the molecule is COc1ccc(CCC(=O)O[C@H](C)C(=O)Nc2ccc(C)c(F)c2)cc1OC. The van der Waals surface area contributed by atoms with E-state index in [0.717, 1.165) is 5.56 Å². The van der Waals surface area contributed by atoms with E-state index in [2.05, 4.69) is 5.32 Å². The molecule has 28 heavy (non-hydrogen) atoms. The van der Waals surface area contributed by atoms with Crippen LogP contribution >= 0.6 is 0 Å². The molecule has 1 amide bonds. The highest BCUT2D eigenvalue weighted by Gasteiger charge is 2.18. The number of nitrogens with one attached hydrogen (secondary N) is 1. The van der Waals surface area contributed by atoms with Crippen molar-refractivity contribution >= 4 is 17.6 Å². The Labute approximate surface area is 163 Å². The summed E-state index contributed by atoms with van der Waals surface area (Å²) in [4.78, 5) is 24.2. The van der Waals surface area contributed by atoms with E-state index in [9.17, 15) is 14.0 Å². The van der Waals surface area contributed by atoms with Crippen molar-refractivity contribution in [2.75, 3.05) is 19.5 Å². The zero-order chi connectivity index (χ0) is 20.7. The van der Waals surface area contributed by atoms with Gasteiger partial charge in [0.25, 0.3) is 5.91 Å². The maximum atomic E-state index is 13.6. The quantitative estimate of drug-likeness (QED) is 0.698. The number of carbonyl (C=O) groups excluding carboxylic acids is 2. The van der Waals surface area contributed by atoms with Crippen LogP contribution in [0.25, 0.3) is 0 Å². The standard InChI is InChI=1S/C21H24FNO5/c1-13-5-8-16(12-17(13)22)23-21(25)14(2)28-20(24)10-7-15-6-9-18(26-3)19(11-15)27-4/h5-6,8-9,11-12,14H,7,10H2,1-4H3,(H,23,25)/t14-/m1/s1. The second-order valence-electron chi connectivity index (χ2n) is 6.27. The number of ether oxygens (including phenoxy) is 3. The van der Waals surface area contributed by atoms with E-state index >= 15 is 0 Å². The van der Waals surface area contributed by atoms with Crippen molar-refractivity contribution in [2.24, 2.45) is 0 Å². The molecule has 0 saturated heterocycles. The third-order valence-corrected chi connectivity index (χ3v) is 4.18. The van der Waals surface area contributed by atoms with Gasteiger partial charge in [0.05, 0.1) is 14.2 Å². The lowest BCUT2D eigenvalue weighted by Gasteiger charge is -2.14. The molecule has 1 N–H and O–H groups in total. The minimum absolute atomic E-state index is 0.103. The van der Waals surface area contributed by atoms with Crippen LogP contribution in [-0.2, 0) is 20.7 Å². The van der Waals surface area contributed by atoms with Gasteiger partial charge >= 0.3 is 5.97 Å². The van der Waals surface area contributed by atoms with E-state index in [4.69, 9.17) is 14.2 Å². The number of hydrogen-bond acceptors (Lipinski definition) is 5. The van der Waals surface area contributed by atoms with Gasteiger partial charge in [-0.05, 0) is 55.7 Å². The van der Waals surface area contributed by atoms with Crippen LogP contribution in [0.15, 0.2) is 36.4 Å². The van der Waals surface area contributed by atoms with E-state index in [1.54, 1.807) is 38.3 Å². The average Bonchev–Trinajstić information content (AvgIpc) is 2.68. The van der Waals surface area contributed by atoms with Gasteiger partial charge < -0.3 is 19.5 Å². The molecule has 0 bridgehead atoms. The molecule has 0 unspecified atom stereocenters. The van der Waals surface area contributed by atoms with Gasteiger partial charge in [0.2, 0.25) is 0 Å². The molecule has 0 spiro atoms. The summed E-state index contributed by atoms with van der Waals surface area (Å²) in [6.07, 6.45) is -0.467. The largest absolute Gasteiger partial charge is 0.493 e. The Morgan fingerprint density at radius 3 is 2.43 bits per heavy atom. The number of halogens is 1. The van der Waals surface area contributed by atoms with Gasteiger partial charge in [0.1, 0.15) is 5.82 Å². The molecule has 0 aliphatic rings. The minimum atomic E-state index is -0.998. The summed E-state index contributed by atoms with van der Waals surface area (Å²) in [5, 5.41) is 2.53. The third-order valence-electron chi connectivity index (χ3n) is 4.18. The minimum Gasteiger partial charge on any atom is -0.493 e. The van der Waals surface area contributed by atoms with E-state index in [0.29, 0.717) is 29.2 Å². The van der Waals surface area contributed by atoms with Gasteiger partial charge in [-0.3, -0.25) is 9.59 Å². The van der Waals surface area contributed by atoms with Crippen molar-refractivity contribution in [3.63, 3.8) is 0 Å². The number of hydrogen-bond donors (Lipinski definition) is 1. The second kappa shape index (κ2) is 9.73. The van der Waals surface area contributed by atoms with Crippen LogP contribution in [0.3, 0.4) is 0 Å². The van der Waals surface area contributed by atoms with Crippen molar-refractivity contribution in [3.8, 4) is 11.5 Å². The highest BCUT2D eigenvalue weighted by atomic mass is 19.1. The zero-order valence-electron chi connectivity index (χ0n) is 16.4. The molecular formula is C21H24FNO5. The Morgan fingerprint density at radius 2 is 1.79 bits per heavy atom. The van der Waals surface area contributed by atoms with Gasteiger partial charge in [-0.25, -0.2) is 4.39 Å². The molecule has 2 aromatic rings. The fraction of sp³-hybridized carbons (Fsp3) is 0.333. The fourth-order valence-electron chi connectivity index (χ4n) is 2.51. The van der Waals surface area contributed by atoms with Crippen molar-refractivity contribution in [1.82, 2.24) is 0 Å². The average molecular weight is 389 g/mol. The number of anilines is 1. The molecule has 6 nitrogen and oxygen atoms in total. The van der Waals surface area contributed by atoms with Crippen LogP contribution in [0, 0.1) is 12.7 Å². The lowest BCUT2D eigenvalue weighted by atomic mass is 10.1. The van der Waals surface area contributed by atoms with Gasteiger partial charge in [0, 0.05) is 12.1 Å². The molecule has 7 heteroatoms. The van der Waals surface area contributed by atoms with Gasteiger partial charge in [-0.2, -0.15) is 0 Å². The fourth-order valence-corrected chi connectivity index (χ4v) is 2.51. The molecule has 0 aliphatic carbocycles. The Bertz CT molecular complexity index is 853. The maximum absolute atomic E-state index is 13.6. The predicted octanol–water partition coefficient (Wildman–Crippen LogP) is 3.65. The van der Waals surface area contributed by atoms with Gasteiger partial charge in [-0.1, -0.05) is 12.1 Å².